The third-order valence-corrected chi connectivity index (χ3v) is 6.89. The first-order valence-corrected chi connectivity index (χ1v) is 13.7. The van der Waals surface area contributed by atoms with Crippen LogP contribution >= 0.6 is 22.9 Å². The minimum atomic E-state index is -0.937. The molecule has 0 heterocycles. The van der Waals surface area contributed by atoms with Gasteiger partial charge in [0.05, 0.1) is 0 Å². The molecule has 0 bridgehead atoms. The quantitative estimate of drug-likeness (QED) is 0.151. The van der Waals surface area contributed by atoms with E-state index in [4.69, 9.17) is 0 Å². The van der Waals surface area contributed by atoms with Gasteiger partial charge in [-0.05, 0) is 18.4 Å². The van der Waals surface area contributed by atoms with Gasteiger partial charge in [-0.2, -0.15) is 0 Å². The molecule has 128 valence electrons. The Morgan fingerprint density at radius 1 is 1.09 bits per heavy atom. The SMILES string of the molecule is CCCCC#CC(CCCC[Si](C)(C)C)(NI)c1ccccc1. The van der Waals surface area contributed by atoms with Gasteiger partial charge in [0.1, 0.15) is 5.54 Å². The van der Waals surface area contributed by atoms with Crippen LogP contribution in [0, 0.1) is 11.8 Å². The van der Waals surface area contributed by atoms with Gasteiger partial charge in [0.25, 0.3) is 0 Å². The van der Waals surface area contributed by atoms with E-state index in [0.717, 1.165) is 12.8 Å². The van der Waals surface area contributed by atoms with Crippen molar-refractivity contribution >= 4 is 30.9 Å². The van der Waals surface area contributed by atoms with E-state index in [0.29, 0.717) is 0 Å². The smallest absolute Gasteiger partial charge is 0.114 e. The van der Waals surface area contributed by atoms with Gasteiger partial charge in [-0.15, -0.1) is 5.92 Å². The van der Waals surface area contributed by atoms with Gasteiger partial charge in [-0.3, -0.25) is 0 Å². The zero-order valence-corrected chi connectivity index (χ0v) is 18.4. The maximum Gasteiger partial charge on any atom is 0.114 e. The molecule has 0 saturated heterocycles. The van der Waals surface area contributed by atoms with Crippen molar-refractivity contribution in [2.45, 2.75) is 76.7 Å². The van der Waals surface area contributed by atoms with Crippen LogP contribution in [-0.2, 0) is 5.54 Å². The molecule has 1 aromatic carbocycles. The van der Waals surface area contributed by atoms with E-state index < -0.39 is 8.07 Å². The predicted molar refractivity (Wildman–Crippen MR) is 115 cm³/mol. The summed E-state index contributed by atoms with van der Waals surface area (Å²) in [6.45, 7) is 9.59. The second-order valence-electron chi connectivity index (χ2n) is 7.54. The first-order chi connectivity index (χ1) is 10.9. The van der Waals surface area contributed by atoms with Gasteiger partial charge in [0.2, 0.25) is 0 Å². The molecule has 1 atom stereocenters. The number of benzene rings is 1. The molecule has 0 radical (unpaired) electrons. The fourth-order valence-corrected chi connectivity index (χ4v) is 4.68. The summed E-state index contributed by atoms with van der Waals surface area (Å²) in [5.41, 5.74) is 1.10. The van der Waals surface area contributed by atoms with Crippen LogP contribution in [0.15, 0.2) is 30.3 Å². The van der Waals surface area contributed by atoms with Crippen molar-refractivity contribution in [2.75, 3.05) is 0 Å². The molecule has 1 rings (SSSR count). The number of rotatable bonds is 9. The minimum absolute atomic E-state index is 0.199. The van der Waals surface area contributed by atoms with Gasteiger partial charge in [0.15, 0.2) is 0 Å². The Balaban J connectivity index is 2.84. The van der Waals surface area contributed by atoms with Gasteiger partial charge in [0, 0.05) is 37.4 Å². The normalized spacial score (nSPS) is 14.0. The molecule has 0 amide bonds. The van der Waals surface area contributed by atoms with Crippen molar-refractivity contribution in [3.05, 3.63) is 35.9 Å². The first-order valence-electron chi connectivity index (χ1n) is 8.87. The zero-order valence-electron chi connectivity index (χ0n) is 15.2. The van der Waals surface area contributed by atoms with Crippen LogP contribution < -0.4 is 3.53 Å². The molecule has 1 nitrogen and oxygen atoms in total. The monoisotopic (exact) mass is 441 g/mol. The van der Waals surface area contributed by atoms with E-state index >= 15 is 0 Å². The standard InChI is InChI=1S/C20H32INSi/c1-5-6-7-11-16-20(22-21,19-14-9-8-10-15-19)17-12-13-18-23(2,3)4/h8-10,14-15,22H,5-7,12-13,17-18H2,1-4H3. The summed E-state index contributed by atoms with van der Waals surface area (Å²) in [7, 11) is -0.937. The Bertz CT molecular complexity index is 498. The molecule has 0 aromatic heterocycles. The third-order valence-electron chi connectivity index (χ3n) is 4.11. The van der Waals surface area contributed by atoms with Crippen LogP contribution in [0.4, 0.5) is 0 Å². The largest absolute Gasteiger partial charge is 0.240 e. The van der Waals surface area contributed by atoms with Crippen molar-refractivity contribution in [2.24, 2.45) is 0 Å². The first kappa shape index (κ1) is 20.7. The summed E-state index contributed by atoms with van der Waals surface area (Å²) in [6, 6.07) is 12.1. The maximum absolute atomic E-state index is 3.57. The Labute approximate surface area is 158 Å². The second kappa shape index (κ2) is 10.5. The van der Waals surface area contributed by atoms with Gasteiger partial charge in [-0.25, -0.2) is 3.53 Å². The lowest BCUT2D eigenvalue weighted by atomic mass is 9.86. The highest BCUT2D eigenvalue weighted by Gasteiger charge is 2.28. The highest BCUT2D eigenvalue weighted by molar-refractivity contribution is 14.1. The predicted octanol–water partition coefficient (Wildman–Crippen LogP) is 6.52. The average molecular weight is 441 g/mol. The molecule has 1 unspecified atom stereocenters. The lowest BCUT2D eigenvalue weighted by Gasteiger charge is -2.28. The highest BCUT2D eigenvalue weighted by atomic mass is 127. The van der Waals surface area contributed by atoms with E-state index in [1.54, 1.807) is 0 Å². The van der Waals surface area contributed by atoms with E-state index in [9.17, 15) is 0 Å². The fraction of sp³-hybridized carbons (Fsp3) is 0.600. The van der Waals surface area contributed by atoms with Gasteiger partial charge >= 0.3 is 0 Å². The van der Waals surface area contributed by atoms with Crippen LogP contribution in [-0.4, -0.2) is 8.07 Å². The number of nitrogens with one attached hydrogen (secondary N) is 1. The Hall–Kier alpha value is -0.313. The molecular weight excluding hydrogens is 409 g/mol. The number of unbranched alkanes of at least 4 members (excludes halogenated alkanes) is 3. The molecule has 0 saturated carbocycles. The Morgan fingerprint density at radius 2 is 1.78 bits per heavy atom. The molecule has 0 spiro atoms. The van der Waals surface area contributed by atoms with Crippen LogP contribution in [0.5, 0.6) is 0 Å². The Morgan fingerprint density at radius 3 is 2.35 bits per heavy atom. The van der Waals surface area contributed by atoms with Crippen molar-refractivity contribution in [1.82, 2.24) is 3.53 Å². The topological polar surface area (TPSA) is 12.0 Å². The average Bonchev–Trinajstić information content (AvgIpc) is 2.53. The number of hydrogen-bond donors (Lipinski definition) is 1. The van der Waals surface area contributed by atoms with Crippen molar-refractivity contribution < 1.29 is 0 Å². The second-order valence-corrected chi connectivity index (χ2v) is 13.7. The van der Waals surface area contributed by atoms with E-state index in [-0.39, 0.29) is 5.54 Å². The summed E-state index contributed by atoms with van der Waals surface area (Å²) in [5.74, 6) is 7.00. The van der Waals surface area contributed by atoms with Crippen LogP contribution in [0.1, 0.15) is 51.0 Å². The molecular formula is C20H32INSi. The molecule has 0 aliphatic rings. The molecule has 1 N–H and O–H groups in total. The Kier molecular flexibility index (Phi) is 9.49. The van der Waals surface area contributed by atoms with Crippen molar-refractivity contribution in [1.29, 1.82) is 0 Å². The summed E-state index contributed by atoms with van der Waals surface area (Å²) >= 11 is 2.29. The lowest BCUT2D eigenvalue weighted by molar-refractivity contribution is 0.481. The summed E-state index contributed by atoms with van der Waals surface area (Å²) in [6.07, 6.45) is 7.04. The molecule has 1 aromatic rings. The molecule has 23 heavy (non-hydrogen) atoms. The molecule has 0 aliphatic carbocycles. The van der Waals surface area contributed by atoms with Crippen LogP contribution in [0.2, 0.25) is 25.7 Å². The number of halogens is 1. The van der Waals surface area contributed by atoms with Crippen molar-refractivity contribution in [3.63, 3.8) is 0 Å². The van der Waals surface area contributed by atoms with E-state index in [2.05, 4.69) is 95.1 Å². The van der Waals surface area contributed by atoms with E-state index in [1.807, 2.05) is 0 Å². The maximum atomic E-state index is 3.57. The fourth-order valence-electron chi connectivity index (χ4n) is 2.65. The molecule has 0 fully saturated rings. The van der Waals surface area contributed by atoms with Crippen molar-refractivity contribution in [3.8, 4) is 11.8 Å². The zero-order chi connectivity index (χ0) is 17.2. The highest BCUT2D eigenvalue weighted by Crippen LogP contribution is 2.29. The lowest BCUT2D eigenvalue weighted by Crippen LogP contribution is -2.35. The molecule has 3 heteroatoms. The van der Waals surface area contributed by atoms with E-state index in [1.165, 1.54) is 37.3 Å². The van der Waals surface area contributed by atoms with Crippen LogP contribution in [0.3, 0.4) is 0 Å². The minimum Gasteiger partial charge on any atom is -0.240 e. The summed E-state index contributed by atoms with van der Waals surface area (Å²) < 4.78 is 3.51. The van der Waals surface area contributed by atoms with Gasteiger partial charge in [-0.1, -0.05) is 88.1 Å². The summed E-state index contributed by atoms with van der Waals surface area (Å²) in [4.78, 5) is 0. The van der Waals surface area contributed by atoms with Gasteiger partial charge < -0.3 is 0 Å². The third kappa shape index (κ3) is 7.87. The molecule has 0 aliphatic heterocycles. The number of hydrogen-bond acceptors (Lipinski definition) is 1. The summed E-state index contributed by atoms with van der Waals surface area (Å²) in [5, 5.41) is 0. The van der Waals surface area contributed by atoms with Crippen LogP contribution in [0.25, 0.3) is 0 Å².